The minimum Gasteiger partial charge on any atom is -0.493 e. The lowest BCUT2D eigenvalue weighted by Crippen LogP contribution is -2.33. The second kappa shape index (κ2) is 10.4. The lowest BCUT2D eigenvalue weighted by atomic mass is 10.1. The van der Waals surface area contributed by atoms with Gasteiger partial charge in [0.15, 0.2) is 11.5 Å². The van der Waals surface area contributed by atoms with Crippen LogP contribution in [-0.2, 0) is 9.59 Å². The van der Waals surface area contributed by atoms with Crippen LogP contribution >= 0.6 is 0 Å². The molecule has 12 heteroatoms. The zero-order chi connectivity index (χ0) is 24.0. The number of carbonyl (C=O) groups is 4. The fourth-order valence-corrected chi connectivity index (χ4v) is 3.02. The average molecular weight is 462 g/mol. The average Bonchev–Trinajstić information content (AvgIpc) is 3.10. The van der Waals surface area contributed by atoms with Gasteiger partial charge >= 0.3 is 12.6 Å². The summed E-state index contributed by atoms with van der Waals surface area (Å²) < 4.78 is 34.9. The molecule has 174 valence electrons. The molecule has 0 bridgehead atoms. The molecule has 33 heavy (non-hydrogen) atoms. The van der Waals surface area contributed by atoms with Crippen molar-refractivity contribution in [2.75, 3.05) is 30.8 Å². The molecule has 3 N–H and O–H groups in total. The molecule has 10 nitrogen and oxygen atoms in total. The van der Waals surface area contributed by atoms with Gasteiger partial charge in [-0.25, -0.2) is 4.79 Å². The third kappa shape index (κ3) is 5.93. The van der Waals surface area contributed by atoms with E-state index in [1.54, 1.807) is 0 Å². The molecule has 2 aromatic carbocycles. The van der Waals surface area contributed by atoms with Gasteiger partial charge in [0.1, 0.15) is 0 Å². The zero-order valence-corrected chi connectivity index (χ0v) is 17.4. The van der Waals surface area contributed by atoms with Crippen molar-refractivity contribution >= 4 is 35.1 Å². The van der Waals surface area contributed by atoms with Crippen LogP contribution in [0.25, 0.3) is 0 Å². The number of benzene rings is 2. The Bertz CT molecular complexity index is 1050. The number of amides is 5. The first-order chi connectivity index (χ1) is 15.8. The van der Waals surface area contributed by atoms with Gasteiger partial charge in [0.25, 0.3) is 5.91 Å². The van der Waals surface area contributed by atoms with Crippen molar-refractivity contribution in [1.29, 1.82) is 0 Å². The van der Waals surface area contributed by atoms with Crippen LogP contribution in [-0.4, -0.2) is 55.5 Å². The third-order valence-corrected chi connectivity index (χ3v) is 4.58. The second-order valence-corrected chi connectivity index (χ2v) is 6.75. The van der Waals surface area contributed by atoms with E-state index in [-0.39, 0.29) is 36.6 Å². The van der Waals surface area contributed by atoms with E-state index < -0.39 is 30.4 Å². The summed E-state index contributed by atoms with van der Waals surface area (Å²) in [6.45, 7) is -3.28. The minimum absolute atomic E-state index is 0.0193. The fourth-order valence-electron chi connectivity index (χ4n) is 3.02. The molecule has 0 atom stereocenters. The number of halogens is 2. The molecule has 1 aliphatic heterocycles. The first kappa shape index (κ1) is 23.4. The molecule has 0 aliphatic carbocycles. The quantitative estimate of drug-likeness (QED) is 0.492. The first-order valence-corrected chi connectivity index (χ1v) is 9.69. The van der Waals surface area contributed by atoms with Crippen molar-refractivity contribution in [3.63, 3.8) is 0 Å². The number of urea groups is 1. The number of hydrogen-bond donors (Lipinski definition) is 3. The Balaban J connectivity index is 1.59. The largest absolute Gasteiger partial charge is 0.493 e. The molecule has 1 saturated heterocycles. The van der Waals surface area contributed by atoms with E-state index in [4.69, 9.17) is 4.74 Å². The van der Waals surface area contributed by atoms with E-state index >= 15 is 0 Å². The highest BCUT2D eigenvalue weighted by Crippen LogP contribution is 2.33. The Kier molecular flexibility index (Phi) is 7.38. The van der Waals surface area contributed by atoms with Gasteiger partial charge in [-0.3, -0.25) is 19.3 Å². The Labute approximate surface area is 186 Å². The molecule has 5 amide bonds. The minimum atomic E-state index is -3.14. The normalized spacial score (nSPS) is 13.0. The van der Waals surface area contributed by atoms with Crippen LogP contribution < -0.4 is 25.4 Å². The summed E-state index contributed by atoms with van der Waals surface area (Å²) in [5.74, 6) is -1.92. The summed E-state index contributed by atoms with van der Waals surface area (Å²) in [6, 6.07) is 9.66. The van der Waals surface area contributed by atoms with Gasteiger partial charge < -0.3 is 25.4 Å². The first-order valence-electron chi connectivity index (χ1n) is 9.69. The standard InChI is InChI=1S/C21H20F2N4O6/c1-32-15-4-2-3-14(18(15)33-20(22)23)19(30)26-13-7-5-12(6-8-13)25-16(28)9-10-27-17(29)11-24-21(27)31/h2-8,20H,9-11H2,1H3,(H,24,31)(H,25,28)(H,26,30). The number of imide groups is 1. The van der Waals surface area contributed by atoms with Crippen molar-refractivity contribution in [1.82, 2.24) is 10.2 Å². The van der Waals surface area contributed by atoms with Gasteiger partial charge in [-0.05, 0) is 36.4 Å². The highest BCUT2D eigenvalue weighted by atomic mass is 19.3. The maximum atomic E-state index is 12.8. The summed E-state index contributed by atoms with van der Waals surface area (Å²) in [5, 5.41) is 7.53. The molecule has 3 rings (SSSR count). The topological polar surface area (TPSA) is 126 Å². The molecule has 1 fully saturated rings. The third-order valence-electron chi connectivity index (χ3n) is 4.58. The maximum Gasteiger partial charge on any atom is 0.387 e. The number of hydrogen-bond acceptors (Lipinski definition) is 6. The molecule has 0 spiro atoms. The highest BCUT2D eigenvalue weighted by molar-refractivity contribution is 6.07. The number of nitrogens with one attached hydrogen (secondary N) is 3. The lowest BCUT2D eigenvalue weighted by Gasteiger charge is -2.14. The van der Waals surface area contributed by atoms with Gasteiger partial charge in [0.05, 0.1) is 19.2 Å². The number of methoxy groups -OCH3 is 1. The molecule has 1 heterocycles. The summed E-state index contributed by atoms with van der Waals surface area (Å²) in [6.07, 6.45) is -0.0829. The van der Waals surface area contributed by atoms with Gasteiger partial charge in [0, 0.05) is 24.3 Å². The Morgan fingerprint density at radius 3 is 2.33 bits per heavy atom. The second-order valence-electron chi connectivity index (χ2n) is 6.75. The van der Waals surface area contributed by atoms with E-state index in [9.17, 15) is 28.0 Å². The van der Waals surface area contributed by atoms with Gasteiger partial charge in [0.2, 0.25) is 11.8 Å². The number of para-hydroxylation sites is 1. The Morgan fingerprint density at radius 2 is 1.76 bits per heavy atom. The van der Waals surface area contributed by atoms with E-state index in [0.717, 1.165) is 4.90 Å². The zero-order valence-electron chi connectivity index (χ0n) is 17.4. The van der Waals surface area contributed by atoms with Crippen LogP contribution in [0.4, 0.5) is 25.0 Å². The van der Waals surface area contributed by atoms with Gasteiger partial charge in [-0.15, -0.1) is 0 Å². The maximum absolute atomic E-state index is 12.8. The number of anilines is 2. The number of nitrogens with zero attached hydrogens (tertiary/aromatic N) is 1. The van der Waals surface area contributed by atoms with Crippen molar-refractivity contribution in [3.8, 4) is 11.5 Å². The molecular formula is C21H20F2N4O6. The number of carbonyl (C=O) groups excluding carboxylic acids is 4. The molecule has 0 saturated carbocycles. The Morgan fingerprint density at radius 1 is 1.09 bits per heavy atom. The molecule has 2 aromatic rings. The van der Waals surface area contributed by atoms with Gasteiger partial charge in [-0.2, -0.15) is 8.78 Å². The van der Waals surface area contributed by atoms with Crippen LogP contribution in [0.15, 0.2) is 42.5 Å². The Hall–Kier alpha value is -4.22. The van der Waals surface area contributed by atoms with E-state index in [2.05, 4.69) is 20.7 Å². The van der Waals surface area contributed by atoms with Crippen LogP contribution in [0.3, 0.4) is 0 Å². The summed E-state index contributed by atoms with van der Waals surface area (Å²) in [4.78, 5) is 48.6. The predicted octanol–water partition coefficient (Wildman–Crippen LogP) is 2.43. The van der Waals surface area contributed by atoms with Crippen molar-refractivity contribution in [2.45, 2.75) is 13.0 Å². The fraction of sp³-hybridized carbons (Fsp3) is 0.238. The smallest absolute Gasteiger partial charge is 0.387 e. The summed E-state index contributed by atoms with van der Waals surface area (Å²) in [7, 11) is 1.26. The number of alkyl halides is 2. The molecule has 0 radical (unpaired) electrons. The van der Waals surface area contributed by atoms with Crippen LogP contribution in [0.5, 0.6) is 11.5 Å². The number of rotatable bonds is 9. The lowest BCUT2D eigenvalue weighted by molar-refractivity contribution is -0.125. The van der Waals surface area contributed by atoms with E-state index in [1.807, 2.05) is 0 Å². The SMILES string of the molecule is COc1cccc(C(=O)Nc2ccc(NC(=O)CCN3C(=O)CNC3=O)cc2)c1OC(F)F. The van der Waals surface area contributed by atoms with Crippen LogP contribution in [0, 0.1) is 0 Å². The molecule has 0 aromatic heterocycles. The van der Waals surface area contributed by atoms with Crippen LogP contribution in [0.2, 0.25) is 0 Å². The monoisotopic (exact) mass is 462 g/mol. The summed E-state index contributed by atoms with van der Waals surface area (Å²) >= 11 is 0. The molecule has 1 aliphatic rings. The van der Waals surface area contributed by atoms with E-state index in [1.165, 1.54) is 49.6 Å². The van der Waals surface area contributed by atoms with E-state index in [0.29, 0.717) is 11.4 Å². The van der Waals surface area contributed by atoms with Crippen LogP contribution in [0.1, 0.15) is 16.8 Å². The van der Waals surface area contributed by atoms with Crippen molar-refractivity contribution in [3.05, 3.63) is 48.0 Å². The van der Waals surface area contributed by atoms with Crippen molar-refractivity contribution in [2.24, 2.45) is 0 Å². The summed E-state index contributed by atoms with van der Waals surface area (Å²) in [5.41, 5.74) is 0.606. The van der Waals surface area contributed by atoms with Gasteiger partial charge in [-0.1, -0.05) is 6.07 Å². The number of ether oxygens (including phenoxy) is 2. The molecular weight excluding hydrogens is 442 g/mol. The predicted molar refractivity (Wildman–Crippen MR) is 112 cm³/mol. The highest BCUT2D eigenvalue weighted by Gasteiger charge is 2.28. The molecule has 0 unspecified atom stereocenters. The van der Waals surface area contributed by atoms with Crippen molar-refractivity contribution < 1.29 is 37.4 Å².